The summed E-state index contributed by atoms with van der Waals surface area (Å²) in [6, 6.07) is 0. The van der Waals surface area contributed by atoms with E-state index >= 15 is 0 Å². The van der Waals surface area contributed by atoms with E-state index in [0.29, 0.717) is 18.3 Å². The molecule has 2 aliphatic rings. The largest absolute Gasteiger partial charge is 0.462 e. The molecule has 0 radical (unpaired) electrons. The van der Waals surface area contributed by atoms with Crippen LogP contribution in [0.3, 0.4) is 0 Å². The van der Waals surface area contributed by atoms with Gasteiger partial charge in [-0.1, -0.05) is 0 Å². The molecular weight excluding hydrogens is 156 g/mol. The molecule has 0 aromatic carbocycles. The summed E-state index contributed by atoms with van der Waals surface area (Å²) in [7, 11) is 0. The van der Waals surface area contributed by atoms with E-state index in [1.165, 1.54) is 0 Å². The normalized spacial score (nSPS) is 39.8. The van der Waals surface area contributed by atoms with Crippen molar-refractivity contribution in [2.45, 2.75) is 31.8 Å². The highest BCUT2D eigenvalue weighted by molar-refractivity contribution is 5.71. The van der Waals surface area contributed by atoms with Crippen LogP contribution in [0, 0.1) is 11.8 Å². The molecule has 12 heavy (non-hydrogen) atoms. The van der Waals surface area contributed by atoms with Gasteiger partial charge >= 0.3 is 5.97 Å². The van der Waals surface area contributed by atoms with E-state index in [1.807, 2.05) is 0 Å². The number of hydrogen-bond acceptors (Lipinski definition) is 3. The molecule has 2 rings (SSSR count). The number of rotatable bonds is 2. The maximum Gasteiger partial charge on any atom is 0.306 e. The third-order valence-corrected chi connectivity index (χ3v) is 3.02. The minimum Gasteiger partial charge on any atom is -0.462 e. The van der Waals surface area contributed by atoms with E-state index < -0.39 is 0 Å². The fraction of sp³-hybridized carbons (Fsp3) is 0.889. The lowest BCUT2D eigenvalue weighted by Crippen LogP contribution is -2.22. The molecule has 1 saturated carbocycles. The second-order valence-corrected chi connectivity index (χ2v) is 3.82. The van der Waals surface area contributed by atoms with Crippen molar-refractivity contribution in [3.8, 4) is 0 Å². The Labute approximate surface area is 71.7 Å². The van der Waals surface area contributed by atoms with Gasteiger partial charge in [0, 0.05) is 13.0 Å². The van der Waals surface area contributed by atoms with Gasteiger partial charge in [0.2, 0.25) is 0 Å². The van der Waals surface area contributed by atoms with E-state index in [0.717, 1.165) is 19.3 Å². The topological polar surface area (TPSA) is 46.5 Å². The zero-order chi connectivity index (χ0) is 8.55. The Kier molecular flexibility index (Phi) is 2.05. The first-order chi connectivity index (χ1) is 5.79. The van der Waals surface area contributed by atoms with Crippen LogP contribution in [0.25, 0.3) is 0 Å². The molecule has 2 fully saturated rings. The molecule has 3 atom stereocenters. The van der Waals surface area contributed by atoms with Crippen LogP contribution in [0.2, 0.25) is 0 Å². The summed E-state index contributed by atoms with van der Waals surface area (Å²) in [4.78, 5) is 11.0. The van der Waals surface area contributed by atoms with Gasteiger partial charge in [0.15, 0.2) is 0 Å². The first-order valence-corrected chi connectivity index (χ1v) is 4.60. The summed E-state index contributed by atoms with van der Waals surface area (Å²) in [5, 5.41) is 8.79. The van der Waals surface area contributed by atoms with Gasteiger partial charge in [-0.25, -0.2) is 0 Å². The van der Waals surface area contributed by atoms with E-state index in [4.69, 9.17) is 9.84 Å². The number of esters is 1. The number of carbonyl (C=O) groups is 1. The van der Waals surface area contributed by atoms with E-state index in [-0.39, 0.29) is 18.7 Å². The first kappa shape index (κ1) is 8.05. The highest BCUT2D eigenvalue weighted by atomic mass is 16.5. The molecule has 1 N–H and O–H groups in total. The molecule has 0 spiro atoms. The van der Waals surface area contributed by atoms with Gasteiger partial charge in [-0.2, -0.15) is 0 Å². The lowest BCUT2D eigenvalue weighted by Gasteiger charge is -2.19. The van der Waals surface area contributed by atoms with E-state index in [9.17, 15) is 4.79 Å². The molecule has 0 aromatic heterocycles. The summed E-state index contributed by atoms with van der Waals surface area (Å²) in [5.41, 5.74) is 0. The number of aliphatic hydroxyl groups is 1. The quantitative estimate of drug-likeness (QED) is 0.621. The third-order valence-electron chi connectivity index (χ3n) is 3.02. The molecule has 3 unspecified atom stereocenters. The third kappa shape index (κ3) is 1.33. The smallest absolute Gasteiger partial charge is 0.306 e. The van der Waals surface area contributed by atoms with Crippen molar-refractivity contribution in [3.05, 3.63) is 0 Å². The average molecular weight is 170 g/mol. The highest BCUT2D eigenvalue weighted by Gasteiger charge is 2.41. The summed E-state index contributed by atoms with van der Waals surface area (Å²) in [5.74, 6) is 0.964. The molecule has 1 aliphatic carbocycles. The minimum absolute atomic E-state index is 0.0447. The first-order valence-electron chi connectivity index (χ1n) is 4.60. The molecule has 1 heterocycles. The Balaban J connectivity index is 1.99. The summed E-state index contributed by atoms with van der Waals surface area (Å²) in [6.07, 6.45) is 3.56. The molecule has 1 saturated heterocycles. The van der Waals surface area contributed by atoms with Crippen molar-refractivity contribution in [3.63, 3.8) is 0 Å². The zero-order valence-corrected chi connectivity index (χ0v) is 7.03. The van der Waals surface area contributed by atoms with Gasteiger partial charge < -0.3 is 9.84 Å². The van der Waals surface area contributed by atoms with Crippen molar-refractivity contribution < 1.29 is 14.6 Å². The Bertz CT molecular complexity index is 190. The van der Waals surface area contributed by atoms with Gasteiger partial charge in [-0.3, -0.25) is 4.79 Å². The van der Waals surface area contributed by atoms with Crippen molar-refractivity contribution in [2.24, 2.45) is 11.8 Å². The predicted octanol–water partition coefficient (Wildman–Crippen LogP) is 0.710. The summed E-state index contributed by atoms with van der Waals surface area (Å²) >= 11 is 0. The van der Waals surface area contributed by atoms with Gasteiger partial charge in [0.1, 0.15) is 6.10 Å². The number of ether oxygens (including phenoxy) is 1. The Hall–Kier alpha value is -0.570. The Morgan fingerprint density at radius 1 is 1.50 bits per heavy atom. The molecule has 0 amide bonds. The molecule has 3 nitrogen and oxygen atoms in total. The Morgan fingerprint density at radius 2 is 2.33 bits per heavy atom. The van der Waals surface area contributed by atoms with Gasteiger partial charge in [-0.05, 0) is 31.1 Å². The zero-order valence-electron chi connectivity index (χ0n) is 7.03. The number of aliphatic hydroxyl groups excluding tert-OH is 1. The van der Waals surface area contributed by atoms with Crippen molar-refractivity contribution in [1.82, 2.24) is 0 Å². The van der Waals surface area contributed by atoms with E-state index in [1.54, 1.807) is 0 Å². The second kappa shape index (κ2) is 3.05. The Morgan fingerprint density at radius 3 is 3.08 bits per heavy atom. The van der Waals surface area contributed by atoms with Crippen LogP contribution in [0.5, 0.6) is 0 Å². The minimum atomic E-state index is -0.0447. The van der Waals surface area contributed by atoms with Crippen LogP contribution >= 0.6 is 0 Å². The van der Waals surface area contributed by atoms with Gasteiger partial charge in [-0.15, -0.1) is 0 Å². The van der Waals surface area contributed by atoms with Crippen molar-refractivity contribution in [2.75, 3.05) is 6.61 Å². The fourth-order valence-electron chi connectivity index (χ4n) is 2.47. The fourth-order valence-corrected chi connectivity index (χ4v) is 2.47. The molecular formula is C9H14O3. The van der Waals surface area contributed by atoms with Crippen LogP contribution in [-0.2, 0) is 9.53 Å². The summed E-state index contributed by atoms with van der Waals surface area (Å²) in [6.45, 7) is 0.238. The van der Waals surface area contributed by atoms with Gasteiger partial charge in [0.25, 0.3) is 0 Å². The van der Waals surface area contributed by atoms with Crippen LogP contribution in [0.15, 0.2) is 0 Å². The molecule has 68 valence electrons. The molecule has 0 aromatic rings. The van der Waals surface area contributed by atoms with Crippen LogP contribution < -0.4 is 0 Å². The summed E-state index contributed by atoms with van der Waals surface area (Å²) < 4.78 is 5.13. The maximum absolute atomic E-state index is 11.0. The van der Waals surface area contributed by atoms with Crippen molar-refractivity contribution >= 4 is 5.97 Å². The van der Waals surface area contributed by atoms with Crippen LogP contribution in [0.4, 0.5) is 0 Å². The molecule has 2 bridgehead atoms. The maximum atomic E-state index is 11.0. The van der Waals surface area contributed by atoms with Crippen molar-refractivity contribution in [1.29, 1.82) is 0 Å². The molecule has 3 heteroatoms. The molecule has 1 aliphatic heterocycles. The lowest BCUT2D eigenvalue weighted by molar-refractivity contribution is -0.152. The predicted molar refractivity (Wildman–Crippen MR) is 42.4 cm³/mol. The number of hydrogen-bond donors (Lipinski definition) is 1. The average Bonchev–Trinajstić information content (AvgIpc) is 2.28. The number of fused-ring (bicyclic) bond motifs is 2. The monoisotopic (exact) mass is 170 g/mol. The van der Waals surface area contributed by atoms with Crippen LogP contribution in [0.1, 0.15) is 25.7 Å². The number of carbonyl (C=O) groups excluding carboxylic acids is 1. The SMILES string of the molecule is O=C1CC2CC(CC2CCO)O1. The highest BCUT2D eigenvalue weighted by Crippen LogP contribution is 2.41. The van der Waals surface area contributed by atoms with Crippen LogP contribution in [-0.4, -0.2) is 23.8 Å². The van der Waals surface area contributed by atoms with E-state index in [2.05, 4.69) is 0 Å². The van der Waals surface area contributed by atoms with Gasteiger partial charge in [0.05, 0.1) is 0 Å². The second-order valence-electron chi connectivity index (χ2n) is 3.82. The standard InChI is InChI=1S/C9H14O3/c10-2-1-6-3-8-4-7(6)5-9(11)12-8/h6-8,10H,1-5H2. The lowest BCUT2D eigenvalue weighted by atomic mass is 9.90.